The van der Waals surface area contributed by atoms with Gasteiger partial charge in [-0.15, -0.1) is 0 Å². The van der Waals surface area contributed by atoms with Crippen LogP contribution in [0, 0.1) is 0 Å². The van der Waals surface area contributed by atoms with Gasteiger partial charge in [-0.25, -0.2) is 0 Å². The molecular weight excluding hydrogens is 807 g/mol. The Hall–Kier alpha value is -8.00. The van der Waals surface area contributed by atoms with E-state index in [0.29, 0.717) is 0 Å². The van der Waals surface area contributed by atoms with Crippen LogP contribution < -0.4 is 4.90 Å². The Kier molecular flexibility index (Phi) is 9.59. The minimum Gasteiger partial charge on any atom is -0.309 e. The predicted octanol–water partition coefficient (Wildman–Crippen LogP) is 18.1. The van der Waals surface area contributed by atoms with Gasteiger partial charge >= 0.3 is 0 Å². The van der Waals surface area contributed by atoms with Gasteiger partial charge < -0.3 is 4.90 Å². The molecule has 0 aromatic heterocycles. The largest absolute Gasteiger partial charge is 0.309 e. The molecule has 1 nitrogen and oxygen atoms in total. The standard InChI is InChI=1S/C66H51N/c1-65(2)59-33-16-12-27-52(59)54-42-39-46(43-61(54)65)44-37-40-47(41-38-44)67(63-36-19-15-30-56(63)58-32-20-31-57-53-28-13-17-34-60(53)66(3,4)64(57)58)62-35-18-14-29-55(62)51-26-11-10-25-50(51)49-24-9-8-23-48(49)45-21-6-5-7-22-45/h5-43H,1-4H3. The maximum atomic E-state index is 2.51. The summed E-state index contributed by atoms with van der Waals surface area (Å²) < 4.78 is 0. The molecular formula is C66H51N. The lowest BCUT2D eigenvalue weighted by Crippen LogP contribution is -2.17. The van der Waals surface area contributed by atoms with Crippen molar-refractivity contribution in [1.29, 1.82) is 0 Å². The number of hydrogen-bond acceptors (Lipinski definition) is 1. The van der Waals surface area contributed by atoms with Crippen LogP contribution in [0.25, 0.3) is 77.9 Å². The van der Waals surface area contributed by atoms with Crippen LogP contribution in [0.5, 0.6) is 0 Å². The molecule has 320 valence electrons. The second-order valence-corrected chi connectivity index (χ2v) is 19.2. The van der Waals surface area contributed by atoms with Gasteiger partial charge in [0.15, 0.2) is 0 Å². The summed E-state index contributed by atoms with van der Waals surface area (Å²) in [6, 6.07) is 87.5. The molecule has 2 aliphatic rings. The summed E-state index contributed by atoms with van der Waals surface area (Å²) in [5.41, 5.74) is 26.0. The highest BCUT2D eigenvalue weighted by atomic mass is 15.1. The van der Waals surface area contributed by atoms with Crippen LogP contribution in [0.15, 0.2) is 237 Å². The van der Waals surface area contributed by atoms with Crippen molar-refractivity contribution in [2.24, 2.45) is 0 Å². The highest BCUT2D eigenvalue weighted by molar-refractivity contribution is 6.00. The van der Waals surface area contributed by atoms with Crippen LogP contribution in [0.4, 0.5) is 17.1 Å². The Bertz CT molecular complexity index is 3520. The molecule has 10 aromatic rings. The maximum absolute atomic E-state index is 2.51. The highest BCUT2D eigenvalue weighted by Crippen LogP contribution is 2.55. The van der Waals surface area contributed by atoms with Crippen molar-refractivity contribution >= 4 is 17.1 Å². The Balaban J connectivity index is 1.05. The number of para-hydroxylation sites is 2. The van der Waals surface area contributed by atoms with Crippen molar-refractivity contribution in [1.82, 2.24) is 0 Å². The third-order valence-corrected chi connectivity index (χ3v) is 14.7. The zero-order chi connectivity index (χ0) is 45.3. The molecule has 0 saturated carbocycles. The monoisotopic (exact) mass is 857 g/mol. The van der Waals surface area contributed by atoms with Crippen LogP contribution in [0.3, 0.4) is 0 Å². The number of hydrogen-bond donors (Lipinski definition) is 0. The minimum absolute atomic E-state index is 0.0719. The fourth-order valence-corrected chi connectivity index (χ4v) is 11.5. The molecule has 67 heavy (non-hydrogen) atoms. The molecule has 1 heteroatoms. The number of anilines is 3. The van der Waals surface area contributed by atoms with Crippen LogP contribution in [0.1, 0.15) is 49.9 Å². The van der Waals surface area contributed by atoms with E-state index < -0.39 is 0 Å². The van der Waals surface area contributed by atoms with Crippen LogP contribution in [-0.4, -0.2) is 0 Å². The first-order valence-electron chi connectivity index (χ1n) is 23.6. The number of nitrogens with zero attached hydrogens (tertiary/aromatic N) is 1. The van der Waals surface area contributed by atoms with Gasteiger partial charge in [0.05, 0.1) is 11.4 Å². The van der Waals surface area contributed by atoms with Crippen LogP contribution in [-0.2, 0) is 10.8 Å². The summed E-state index contributed by atoms with van der Waals surface area (Å²) in [4.78, 5) is 2.51. The molecule has 0 unspecified atom stereocenters. The van der Waals surface area contributed by atoms with Crippen molar-refractivity contribution in [2.75, 3.05) is 4.90 Å². The SMILES string of the molecule is CC1(C)c2ccccc2-c2ccc(-c3ccc(N(c4ccccc4-c4ccccc4-c4ccccc4-c4ccccc4)c4ccccc4-c4cccc5c4C(C)(C)c4ccccc4-5)cc3)cc21. The van der Waals surface area contributed by atoms with E-state index in [4.69, 9.17) is 0 Å². The molecule has 0 fully saturated rings. The highest BCUT2D eigenvalue weighted by Gasteiger charge is 2.38. The summed E-state index contributed by atoms with van der Waals surface area (Å²) in [5.74, 6) is 0. The normalized spacial score (nSPS) is 13.6. The molecule has 0 saturated heterocycles. The lowest BCUT2D eigenvalue weighted by Gasteiger charge is -2.32. The number of benzene rings is 10. The van der Waals surface area contributed by atoms with Crippen LogP contribution >= 0.6 is 0 Å². The molecule has 0 radical (unpaired) electrons. The van der Waals surface area contributed by atoms with Gasteiger partial charge in [-0.3, -0.25) is 0 Å². The van der Waals surface area contributed by atoms with Gasteiger partial charge in [0.25, 0.3) is 0 Å². The number of fused-ring (bicyclic) bond motifs is 6. The molecule has 0 aliphatic heterocycles. The Morgan fingerprint density at radius 3 is 1.28 bits per heavy atom. The average molecular weight is 858 g/mol. The van der Waals surface area contributed by atoms with E-state index in [1.165, 1.54) is 94.6 Å². The third kappa shape index (κ3) is 6.52. The molecule has 10 aromatic carbocycles. The van der Waals surface area contributed by atoms with Gasteiger partial charge in [-0.05, 0) is 119 Å². The van der Waals surface area contributed by atoms with Gasteiger partial charge in [-0.1, -0.05) is 234 Å². The third-order valence-electron chi connectivity index (χ3n) is 14.7. The Labute approximate surface area is 395 Å². The van der Waals surface area contributed by atoms with Crippen molar-refractivity contribution in [3.63, 3.8) is 0 Å². The van der Waals surface area contributed by atoms with E-state index in [0.717, 1.165) is 22.6 Å². The van der Waals surface area contributed by atoms with E-state index in [-0.39, 0.29) is 10.8 Å². The fourth-order valence-electron chi connectivity index (χ4n) is 11.5. The first-order chi connectivity index (χ1) is 32.8. The smallest absolute Gasteiger partial charge is 0.0540 e. The molecule has 0 bridgehead atoms. The Morgan fingerprint density at radius 1 is 0.254 bits per heavy atom. The van der Waals surface area contributed by atoms with Gasteiger partial charge in [0.2, 0.25) is 0 Å². The summed E-state index contributed by atoms with van der Waals surface area (Å²) in [6.07, 6.45) is 0. The van der Waals surface area contributed by atoms with E-state index >= 15 is 0 Å². The van der Waals surface area contributed by atoms with Crippen molar-refractivity contribution in [3.05, 3.63) is 259 Å². The van der Waals surface area contributed by atoms with E-state index in [1.807, 2.05) is 0 Å². The topological polar surface area (TPSA) is 3.24 Å². The molecule has 0 atom stereocenters. The molecule has 0 amide bonds. The van der Waals surface area contributed by atoms with E-state index in [1.54, 1.807) is 0 Å². The van der Waals surface area contributed by atoms with E-state index in [9.17, 15) is 0 Å². The molecule has 12 rings (SSSR count). The second kappa shape index (κ2) is 15.9. The van der Waals surface area contributed by atoms with Crippen LogP contribution in [0.2, 0.25) is 0 Å². The number of rotatable bonds is 8. The average Bonchev–Trinajstić information content (AvgIpc) is 3.76. The summed E-state index contributed by atoms with van der Waals surface area (Å²) in [5, 5.41) is 0. The van der Waals surface area contributed by atoms with E-state index in [2.05, 4.69) is 269 Å². The zero-order valence-electron chi connectivity index (χ0n) is 38.5. The minimum atomic E-state index is -0.184. The quantitative estimate of drug-likeness (QED) is 0.147. The van der Waals surface area contributed by atoms with Gasteiger partial charge in [0, 0.05) is 27.6 Å². The van der Waals surface area contributed by atoms with Gasteiger partial charge in [0.1, 0.15) is 0 Å². The lowest BCUT2D eigenvalue weighted by atomic mass is 9.78. The lowest BCUT2D eigenvalue weighted by molar-refractivity contribution is 0.660. The predicted molar refractivity (Wildman–Crippen MR) is 283 cm³/mol. The maximum Gasteiger partial charge on any atom is 0.0540 e. The fraction of sp³-hybridized carbons (Fsp3) is 0.0909. The molecule has 0 spiro atoms. The van der Waals surface area contributed by atoms with Crippen molar-refractivity contribution in [2.45, 2.75) is 38.5 Å². The molecule has 0 N–H and O–H groups in total. The van der Waals surface area contributed by atoms with Gasteiger partial charge in [-0.2, -0.15) is 0 Å². The molecule has 0 heterocycles. The second-order valence-electron chi connectivity index (χ2n) is 19.2. The Morgan fingerprint density at radius 2 is 0.657 bits per heavy atom. The summed E-state index contributed by atoms with van der Waals surface area (Å²) >= 11 is 0. The summed E-state index contributed by atoms with van der Waals surface area (Å²) in [6.45, 7) is 9.49. The van der Waals surface area contributed by atoms with Crippen molar-refractivity contribution in [3.8, 4) is 77.9 Å². The molecule has 2 aliphatic carbocycles. The van der Waals surface area contributed by atoms with Crippen molar-refractivity contribution < 1.29 is 0 Å². The summed E-state index contributed by atoms with van der Waals surface area (Å²) in [7, 11) is 0. The zero-order valence-corrected chi connectivity index (χ0v) is 38.5. The first-order valence-corrected chi connectivity index (χ1v) is 23.6. The first kappa shape index (κ1) is 40.5.